The van der Waals surface area contributed by atoms with E-state index in [1.165, 1.54) is 19.3 Å². The first-order valence-electron chi connectivity index (χ1n) is 7.32. The Morgan fingerprint density at radius 1 is 1.25 bits per heavy atom. The molecule has 0 bridgehead atoms. The van der Waals surface area contributed by atoms with Crippen LogP contribution in [0.5, 0.6) is 6.01 Å². The highest BCUT2D eigenvalue weighted by Gasteiger charge is 2.16. The molecule has 2 heterocycles. The fraction of sp³-hybridized carbons (Fsp3) is 0.643. The van der Waals surface area contributed by atoms with Crippen LogP contribution >= 0.6 is 0 Å². The van der Waals surface area contributed by atoms with Crippen molar-refractivity contribution in [2.24, 2.45) is 0 Å². The zero-order valence-corrected chi connectivity index (χ0v) is 12.1. The molecule has 0 saturated carbocycles. The number of rotatable bonds is 7. The standard InChI is InChI=1S/C14H23N5O/c1-3-5-11-20-14-17-12(15-4-2)16-13(18-14)19-9-7-6-8-10-19/h3H,1,4-11H2,2H3,(H,15,16,17,18). The van der Waals surface area contributed by atoms with Crippen LogP contribution in [-0.4, -0.2) is 41.2 Å². The molecule has 2 rings (SSSR count). The molecule has 6 nitrogen and oxygen atoms in total. The van der Waals surface area contributed by atoms with E-state index >= 15 is 0 Å². The number of ether oxygens (including phenoxy) is 1. The summed E-state index contributed by atoms with van der Waals surface area (Å²) in [6.07, 6.45) is 6.26. The molecule has 1 saturated heterocycles. The maximum atomic E-state index is 5.56. The SMILES string of the molecule is C=CCCOc1nc(NCC)nc(N2CCCCC2)n1. The molecule has 1 N–H and O–H groups in total. The predicted molar refractivity (Wildman–Crippen MR) is 80.4 cm³/mol. The van der Waals surface area contributed by atoms with Gasteiger partial charge in [-0.3, -0.25) is 0 Å². The molecule has 1 aliphatic rings. The molecule has 0 radical (unpaired) electrons. The summed E-state index contributed by atoms with van der Waals surface area (Å²) < 4.78 is 5.56. The van der Waals surface area contributed by atoms with E-state index in [1.807, 2.05) is 13.0 Å². The minimum absolute atomic E-state index is 0.387. The van der Waals surface area contributed by atoms with Crippen LogP contribution in [0, 0.1) is 0 Å². The van der Waals surface area contributed by atoms with Crippen molar-refractivity contribution >= 4 is 11.9 Å². The quantitative estimate of drug-likeness (QED) is 0.609. The van der Waals surface area contributed by atoms with Crippen LogP contribution < -0.4 is 15.0 Å². The molecule has 0 unspecified atom stereocenters. The van der Waals surface area contributed by atoms with E-state index in [-0.39, 0.29) is 0 Å². The molecule has 6 heteroatoms. The molecule has 1 fully saturated rings. The summed E-state index contributed by atoms with van der Waals surface area (Å²) in [7, 11) is 0. The predicted octanol–water partition coefficient (Wildman–Crippen LogP) is 2.25. The topological polar surface area (TPSA) is 63.2 Å². The third kappa shape index (κ3) is 4.08. The highest BCUT2D eigenvalue weighted by atomic mass is 16.5. The first-order chi connectivity index (χ1) is 9.83. The number of anilines is 2. The lowest BCUT2D eigenvalue weighted by Gasteiger charge is -2.26. The van der Waals surface area contributed by atoms with Gasteiger partial charge in [0.15, 0.2) is 0 Å². The molecule has 1 aromatic heterocycles. The monoisotopic (exact) mass is 277 g/mol. The van der Waals surface area contributed by atoms with E-state index in [9.17, 15) is 0 Å². The lowest BCUT2D eigenvalue weighted by Crippen LogP contribution is -2.31. The Balaban J connectivity index is 2.13. The average molecular weight is 277 g/mol. The fourth-order valence-electron chi connectivity index (χ4n) is 2.12. The van der Waals surface area contributed by atoms with Gasteiger partial charge in [-0.2, -0.15) is 15.0 Å². The second kappa shape index (κ2) is 7.67. The van der Waals surface area contributed by atoms with Gasteiger partial charge in [0.05, 0.1) is 6.61 Å². The maximum Gasteiger partial charge on any atom is 0.323 e. The maximum absolute atomic E-state index is 5.56. The second-order valence-electron chi connectivity index (χ2n) is 4.75. The molecule has 110 valence electrons. The van der Waals surface area contributed by atoms with Gasteiger partial charge in [0.1, 0.15) is 0 Å². The Kier molecular flexibility index (Phi) is 5.58. The molecule has 0 atom stereocenters. The van der Waals surface area contributed by atoms with Gasteiger partial charge in [-0.1, -0.05) is 6.08 Å². The number of piperidine rings is 1. The van der Waals surface area contributed by atoms with Crippen molar-refractivity contribution in [1.29, 1.82) is 0 Å². The van der Waals surface area contributed by atoms with Crippen molar-refractivity contribution in [3.63, 3.8) is 0 Å². The summed E-state index contributed by atoms with van der Waals surface area (Å²) in [6, 6.07) is 0.387. The molecule has 1 aliphatic heterocycles. The first-order valence-corrected chi connectivity index (χ1v) is 7.32. The van der Waals surface area contributed by atoms with E-state index in [1.54, 1.807) is 0 Å². The van der Waals surface area contributed by atoms with Crippen molar-refractivity contribution in [3.8, 4) is 6.01 Å². The molecule has 0 spiro atoms. The van der Waals surface area contributed by atoms with Gasteiger partial charge in [-0.25, -0.2) is 0 Å². The Morgan fingerprint density at radius 3 is 2.75 bits per heavy atom. The minimum atomic E-state index is 0.387. The Bertz CT molecular complexity index is 432. The van der Waals surface area contributed by atoms with Crippen molar-refractivity contribution in [2.45, 2.75) is 32.6 Å². The third-order valence-corrected chi connectivity index (χ3v) is 3.13. The normalized spacial score (nSPS) is 14.9. The smallest absolute Gasteiger partial charge is 0.323 e. The van der Waals surface area contributed by atoms with Crippen LogP contribution in [0.15, 0.2) is 12.7 Å². The number of aromatic nitrogens is 3. The molecule has 1 aromatic rings. The van der Waals surface area contributed by atoms with Gasteiger partial charge < -0.3 is 15.0 Å². The zero-order valence-electron chi connectivity index (χ0n) is 12.1. The fourth-order valence-corrected chi connectivity index (χ4v) is 2.12. The number of hydrogen-bond donors (Lipinski definition) is 1. The van der Waals surface area contributed by atoms with Crippen LogP contribution in [0.25, 0.3) is 0 Å². The van der Waals surface area contributed by atoms with Crippen molar-refractivity contribution in [1.82, 2.24) is 15.0 Å². The highest BCUT2D eigenvalue weighted by Crippen LogP contribution is 2.19. The van der Waals surface area contributed by atoms with Crippen LogP contribution in [0.1, 0.15) is 32.6 Å². The van der Waals surface area contributed by atoms with Crippen LogP contribution in [0.3, 0.4) is 0 Å². The molecular weight excluding hydrogens is 254 g/mol. The Morgan fingerprint density at radius 2 is 2.05 bits per heavy atom. The van der Waals surface area contributed by atoms with Crippen LogP contribution in [0.2, 0.25) is 0 Å². The summed E-state index contributed by atoms with van der Waals surface area (Å²) in [6.45, 7) is 9.01. The van der Waals surface area contributed by atoms with Gasteiger partial charge in [0, 0.05) is 19.6 Å². The molecule has 0 aliphatic carbocycles. The largest absolute Gasteiger partial charge is 0.463 e. The van der Waals surface area contributed by atoms with Gasteiger partial charge >= 0.3 is 6.01 Å². The number of nitrogens with zero attached hydrogens (tertiary/aromatic N) is 4. The molecule has 0 aromatic carbocycles. The van der Waals surface area contributed by atoms with Crippen molar-refractivity contribution < 1.29 is 4.74 Å². The van der Waals surface area contributed by atoms with E-state index in [2.05, 4.69) is 31.7 Å². The summed E-state index contributed by atoms with van der Waals surface area (Å²) in [4.78, 5) is 15.4. The van der Waals surface area contributed by atoms with E-state index in [0.717, 1.165) is 26.1 Å². The van der Waals surface area contributed by atoms with E-state index in [4.69, 9.17) is 4.74 Å². The highest BCUT2D eigenvalue weighted by molar-refractivity contribution is 5.38. The summed E-state index contributed by atoms with van der Waals surface area (Å²) in [5, 5.41) is 3.13. The first kappa shape index (κ1) is 14.6. The van der Waals surface area contributed by atoms with Gasteiger partial charge in [0.2, 0.25) is 11.9 Å². The summed E-state index contributed by atoms with van der Waals surface area (Å²) in [5.74, 6) is 1.29. The summed E-state index contributed by atoms with van der Waals surface area (Å²) >= 11 is 0. The Labute approximate surface area is 120 Å². The Hall–Kier alpha value is -1.85. The van der Waals surface area contributed by atoms with E-state index in [0.29, 0.717) is 24.5 Å². The average Bonchev–Trinajstić information content (AvgIpc) is 2.49. The number of nitrogens with one attached hydrogen (secondary N) is 1. The zero-order chi connectivity index (χ0) is 14.2. The molecular formula is C14H23N5O. The lowest BCUT2D eigenvalue weighted by molar-refractivity contribution is 0.298. The summed E-state index contributed by atoms with van der Waals surface area (Å²) in [5.41, 5.74) is 0. The van der Waals surface area contributed by atoms with Gasteiger partial charge in [0.25, 0.3) is 0 Å². The number of hydrogen-bond acceptors (Lipinski definition) is 6. The minimum Gasteiger partial charge on any atom is -0.463 e. The van der Waals surface area contributed by atoms with Gasteiger partial charge in [-0.05, 0) is 32.6 Å². The van der Waals surface area contributed by atoms with Crippen LogP contribution in [-0.2, 0) is 0 Å². The molecule has 0 amide bonds. The van der Waals surface area contributed by atoms with E-state index < -0.39 is 0 Å². The van der Waals surface area contributed by atoms with Crippen molar-refractivity contribution in [3.05, 3.63) is 12.7 Å². The van der Waals surface area contributed by atoms with Gasteiger partial charge in [-0.15, -0.1) is 6.58 Å². The van der Waals surface area contributed by atoms with Crippen molar-refractivity contribution in [2.75, 3.05) is 36.5 Å². The second-order valence-corrected chi connectivity index (χ2v) is 4.75. The molecule has 20 heavy (non-hydrogen) atoms. The third-order valence-electron chi connectivity index (χ3n) is 3.13. The van der Waals surface area contributed by atoms with Crippen LogP contribution in [0.4, 0.5) is 11.9 Å². The lowest BCUT2D eigenvalue weighted by atomic mass is 10.1.